The van der Waals surface area contributed by atoms with E-state index in [9.17, 15) is 14.4 Å². The first-order valence-corrected chi connectivity index (χ1v) is 8.41. The van der Waals surface area contributed by atoms with Crippen molar-refractivity contribution in [3.63, 3.8) is 0 Å². The minimum Gasteiger partial charge on any atom is -0.458 e. The molecule has 3 amide bonds. The molecule has 0 aromatic heterocycles. The molecule has 1 unspecified atom stereocenters. The lowest BCUT2D eigenvalue weighted by molar-refractivity contribution is -0.160. The first-order valence-electron chi connectivity index (χ1n) is 8.41. The van der Waals surface area contributed by atoms with Crippen LogP contribution in [0.1, 0.15) is 51.9 Å². The molecule has 0 fully saturated rings. The van der Waals surface area contributed by atoms with Gasteiger partial charge in [-0.1, -0.05) is 18.2 Å². The SMILES string of the molecule is CC(C)(C)OCC(NC(=O)NC(=O)c1ccccc1)C(=O)OC(C)(C)C. The molecule has 7 heteroatoms. The lowest BCUT2D eigenvalue weighted by atomic mass is 10.1. The number of rotatable bonds is 5. The lowest BCUT2D eigenvalue weighted by Crippen LogP contribution is -2.52. The maximum absolute atomic E-state index is 12.3. The van der Waals surface area contributed by atoms with Gasteiger partial charge in [0.1, 0.15) is 5.60 Å². The standard InChI is InChI=1S/C19H28N2O5/c1-18(2,3)25-12-14(16(23)26-19(4,5)6)20-17(24)21-15(22)13-10-8-7-9-11-13/h7-11,14H,12H2,1-6H3,(H2,20,21,22,24). The van der Waals surface area contributed by atoms with Crippen LogP contribution in [0.25, 0.3) is 0 Å². The minimum absolute atomic E-state index is 0.0780. The van der Waals surface area contributed by atoms with Crippen molar-refractivity contribution >= 4 is 17.9 Å². The van der Waals surface area contributed by atoms with E-state index in [1.807, 2.05) is 20.8 Å². The highest BCUT2D eigenvalue weighted by atomic mass is 16.6. The number of imide groups is 1. The predicted molar refractivity (Wildman–Crippen MR) is 97.8 cm³/mol. The Morgan fingerprint density at radius 3 is 2.04 bits per heavy atom. The Morgan fingerprint density at radius 2 is 1.54 bits per heavy atom. The van der Waals surface area contributed by atoms with Gasteiger partial charge in [0.25, 0.3) is 5.91 Å². The lowest BCUT2D eigenvalue weighted by Gasteiger charge is -2.27. The van der Waals surface area contributed by atoms with E-state index in [4.69, 9.17) is 9.47 Å². The van der Waals surface area contributed by atoms with Crippen LogP contribution < -0.4 is 10.6 Å². The smallest absolute Gasteiger partial charge is 0.331 e. The van der Waals surface area contributed by atoms with Gasteiger partial charge < -0.3 is 14.8 Å². The second kappa shape index (κ2) is 8.80. The molecular formula is C19H28N2O5. The zero-order valence-corrected chi connectivity index (χ0v) is 16.2. The van der Waals surface area contributed by atoms with Crippen LogP contribution in [0.2, 0.25) is 0 Å². The van der Waals surface area contributed by atoms with Crippen molar-refractivity contribution in [1.29, 1.82) is 0 Å². The van der Waals surface area contributed by atoms with Crippen LogP contribution in [-0.4, -0.2) is 41.8 Å². The summed E-state index contributed by atoms with van der Waals surface area (Å²) in [4.78, 5) is 36.5. The average Bonchev–Trinajstić information content (AvgIpc) is 2.49. The second-order valence-corrected chi connectivity index (χ2v) is 7.80. The molecule has 0 spiro atoms. The summed E-state index contributed by atoms with van der Waals surface area (Å²) in [5, 5.41) is 4.63. The van der Waals surface area contributed by atoms with Crippen LogP contribution in [0.4, 0.5) is 4.79 Å². The molecule has 1 aromatic rings. The fraction of sp³-hybridized carbons (Fsp3) is 0.526. The van der Waals surface area contributed by atoms with Crippen molar-refractivity contribution < 1.29 is 23.9 Å². The first-order chi connectivity index (χ1) is 11.9. The summed E-state index contributed by atoms with van der Waals surface area (Å²) in [6, 6.07) is 6.46. The molecule has 0 saturated carbocycles. The number of carbonyl (C=O) groups is 3. The Balaban J connectivity index is 2.75. The highest BCUT2D eigenvalue weighted by Crippen LogP contribution is 2.11. The Labute approximate surface area is 154 Å². The molecule has 0 saturated heterocycles. The minimum atomic E-state index is -1.04. The highest BCUT2D eigenvalue weighted by molar-refractivity contribution is 6.04. The van der Waals surface area contributed by atoms with Crippen LogP contribution in [0, 0.1) is 0 Å². The van der Waals surface area contributed by atoms with Crippen molar-refractivity contribution in [3.05, 3.63) is 35.9 Å². The number of ether oxygens (including phenoxy) is 2. The molecule has 144 valence electrons. The van der Waals surface area contributed by atoms with Crippen molar-refractivity contribution in [2.24, 2.45) is 0 Å². The number of nitrogens with one attached hydrogen (secondary N) is 2. The van der Waals surface area contributed by atoms with Gasteiger partial charge in [-0.2, -0.15) is 0 Å². The highest BCUT2D eigenvalue weighted by Gasteiger charge is 2.29. The van der Waals surface area contributed by atoms with Gasteiger partial charge in [0, 0.05) is 5.56 Å². The summed E-state index contributed by atoms with van der Waals surface area (Å²) in [5.41, 5.74) is -0.879. The number of esters is 1. The van der Waals surface area contributed by atoms with Crippen molar-refractivity contribution in [1.82, 2.24) is 10.6 Å². The predicted octanol–water partition coefficient (Wildman–Crippen LogP) is 2.65. The number of carbonyl (C=O) groups excluding carboxylic acids is 3. The zero-order chi connectivity index (χ0) is 20.0. The fourth-order valence-corrected chi connectivity index (χ4v) is 1.83. The third-order valence-corrected chi connectivity index (χ3v) is 2.94. The molecule has 1 atom stereocenters. The van der Waals surface area contributed by atoms with E-state index >= 15 is 0 Å². The summed E-state index contributed by atoms with van der Waals surface area (Å²) in [6.07, 6.45) is 0. The van der Waals surface area contributed by atoms with Gasteiger partial charge >= 0.3 is 12.0 Å². The summed E-state index contributed by atoms with van der Waals surface area (Å²) in [5.74, 6) is -1.20. The van der Waals surface area contributed by atoms with Crippen LogP contribution in [0.5, 0.6) is 0 Å². The fourth-order valence-electron chi connectivity index (χ4n) is 1.83. The third kappa shape index (κ3) is 8.62. The van der Waals surface area contributed by atoms with Crippen molar-refractivity contribution in [2.75, 3.05) is 6.61 Å². The quantitative estimate of drug-likeness (QED) is 0.784. The summed E-state index contributed by atoms with van der Waals surface area (Å²) in [7, 11) is 0. The van der Waals surface area contributed by atoms with E-state index in [1.165, 1.54) is 0 Å². The van der Waals surface area contributed by atoms with Gasteiger partial charge in [0.2, 0.25) is 0 Å². The average molecular weight is 364 g/mol. The normalized spacial score (nSPS) is 12.8. The molecule has 1 aromatic carbocycles. The summed E-state index contributed by atoms with van der Waals surface area (Å²) >= 11 is 0. The molecule has 0 heterocycles. The van der Waals surface area contributed by atoms with Crippen LogP contribution in [-0.2, 0) is 14.3 Å². The topological polar surface area (TPSA) is 93.7 Å². The van der Waals surface area contributed by atoms with E-state index in [0.717, 1.165) is 0 Å². The largest absolute Gasteiger partial charge is 0.458 e. The van der Waals surface area contributed by atoms with E-state index in [0.29, 0.717) is 5.56 Å². The van der Waals surface area contributed by atoms with Gasteiger partial charge in [0.05, 0.1) is 12.2 Å². The van der Waals surface area contributed by atoms with Gasteiger partial charge in [-0.05, 0) is 53.7 Å². The van der Waals surface area contributed by atoms with Crippen molar-refractivity contribution in [3.8, 4) is 0 Å². The summed E-state index contributed by atoms with van der Waals surface area (Å²) in [6.45, 7) is 10.6. The molecule has 0 aliphatic carbocycles. The third-order valence-electron chi connectivity index (χ3n) is 2.94. The number of benzene rings is 1. The van der Waals surface area contributed by atoms with E-state index in [-0.39, 0.29) is 6.61 Å². The molecule has 7 nitrogen and oxygen atoms in total. The number of hydrogen-bond acceptors (Lipinski definition) is 5. The number of urea groups is 1. The van der Waals surface area contributed by atoms with E-state index < -0.39 is 35.2 Å². The molecule has 0 aliphatic rings. The summed E-state index contributed by atoms with van der Waals surface area (Å²) < 4.78 is 10.9. The van der Waals surface area contributed by atoms with Crippen LogP contribution in [0.15, 0.2) is 30.3 Å². The Hall–Kier alpha value is -2.41. The second-order valence-electron chi connectivity index (χ2n) is 7.80. The van der Waals surface area contributed by atoms with Crippen LogP contribution >= 0.6 is 0 Å². The Bertz CT molecular complexity index is 630. The zero-order valence-electron chi connectivity index (χ0n) is 16.2. The van der Waals surface area contributed by atoms with E-state index in [1.54, 1.807) is 51.1 Å². The van der Waals surface area contributed by atoms with Crippen LogP contribution in [0.3, 0.4) is 0 Å². The number of amides is 3. The van der Waals surface area contributed by atoms with Crippen molar-refractivity contribution in [2.45, 2.75) is 58.8 Å². The van der Waals surface area contributed by atoms with Gasteiger partial charge in [-0.3, -0.25) is 10.1 Å². The molecule has 0 bridgehead atoms. The number of hydrogen-bond donors (Lipinski definition) is 2. The Morgan fingerprint density at radius 1 is 0.962 bits per heavy atom. The first kappa shape index (κ1) is 21.6. The molecule has 1 rings (SSSR count). The monoisotopic (exact) mass is 364 g/mol. The molecular weight excluding hydrogens is 336 g/mol. The maximum Gasteiger partial charge on any atom is 0.331 e. The van der Waals surface area contributed by atoms with Gasteiger partial charge in [-0.25, -0.2) is 9.59 Å². The molecule has 0 aliphatic heterocycles. The van der Waals surface area contributed by atoms with E-state index in [2.05, 4.69) is 10.6 Å². The van der Waals surface area contributed by atoms with Gasteiger partial charge in [0.15, 0.2) is 6.04 Å². The molecule has 0 radical (unpaired) electrons. The maximum atomic E-state index is 12.3. The molecule has 26 heavy (non-hydrogen) atoms. The molecule has 2 N–H and O–H groups in total. The Kier molecular flexibility index (Phi) is 7.32. The van der Waals surface area contributed by atoms with Gasteiger partial charge in [-0.15, -0.1) is 0 Å².